The molecule has 0 saturated carbocycles. The lowest BCUT2D eigenvalue weighted by Crippen LogP contribution is -2.39. The maximum atomic E-state index is 12.9. The van der Waals surface area contributed by atoms with Gasteiger partial charge in [-0.2, -0.15) is 4.98 Å². The van der Waals surface area contributed by atoms with Gasteiger partial charge in [0, 0.05) is 12.1 Å². The van der Waals surface area contributed by atoms with Crippen LogP contribution < -0.4 is 9.47 Å². The van der Waals surface area contributed by atoms with Crippen molar-refractivity contribution in [2.75, 3.05) is 20.8 Å². The molecule has 0 aliphatic carbocycles. The molecule has 1 amide bonds. The minimum Gasteiger partial charge on any atom is -0.497 e. The second-order valence-corrected chi connectivity index (χ2v) is 6.99. The molecule has 0 bridgehead atoms. The number of hydrogen-bond acceptors (Lipinski definition) is 6. The van der Waals surface area contributed by atoms with Crippen molar-refractivity contribution in [2.45, 2.75) is 25.8 Å². The van der Waals surface area contributed by atoms with Crippen LogP contribution in [0.2, 0.25) is 0 Å². The van der Waals surface area contributed by atoms with Gasteiger partial charge in [0.25, 0.3) is 0 Å². The number of ether oxygens (including phenoxy) is 2. The summed E-state index contributed by atoms with van der Waals surface area (Å²) in [6.45, 7) is 2.69. The van der Waals surface area contributed by atoms with Crippen LogP contribution in [0.1, 0.15) is 30.0 Å². The Morgan fingerprint density at radius 1 is 1.14 bits per heavy atom. The SMILES string of the molecule is COc1ccc(-c2noc(CC(=O)N3CCc4cc(OC)ccc4C3C)n2)cc1. The van der Waals surface area contributed by atoms with Crippen molar-refractivity contribution in [1.82, 2.24) is 15.0 Å². The van der Waals surface area contributed by atoms with Gasteiger partial charge in [0.15, 0.2) is 0 Å². The van der Waals surface area contributed by atoms with E-state index in [1.54, 1.807) is 14.2 Å². The number of aromatic nitrogens is 2. The van der Waals surface area contributed by atoms with Gasteiger partial charge in [-0.25, -0.2) is 0 Å². The van der Waals surface area contributed by atoms with Gasteiger partial charge in [-0.15, -0.1) is 0 Å². The Morgan fingerprint density at radius 2 is 1.86 bits per heavy atom. The van der Waals surface area contributed by atoms with Gasteiger partial charge in [0.05, 0.1) is 20.3 Å². The van der Waals surface area contributed by atoms with Gasteiger partial charge in [0.2, 0.25) is 17.6 Å². The van der Waals surface area contributed by atoms with Crippen LogP contribution in [0.3, 0.4) is 0 Å². The molecule has 1 aromatic heterocycles. The third-order valence-corrected chi connectivity index (χ3v) is 5.33. The number of nitrogens with zero attached hydrogens (tertiary/aromatic N) is 3. The van der Waals surface area contributed by atoms with Gasteiger partial charge in [0.1, 0.15) is 17.9 Å². The number of fused-ring (bicyclic) bond motifs is 1. The maximum Gasteiger partial charge on any atom is 0.236 e. The summed E-state index contributed by atoms with van der Waals surface area (Å²) in [7, 11) is 3.28. The zero-order valence-electron chi connectivity index (χ0n) is 16.7. The normalized spacial score (nSPS) is 15.7. The molecule has 0 radical (unpaired) electrons. The van der Waals surface area contributed by atoms with Gasteiger partial charge in [-0.05, 0) is 60.9 Å². The number of benzene rings is 2. The number of rotatable bonds is 5. The molecule has 0 spiro atoms. The summed E-state index contributed by atoms with van der Waals surface area (Å²) in [6, 6.07) is 13.4. The van der Waals surface area contributed by atoms with E-state index in [1.807, 2.05) is 54.3 Å². The molecular formula is C22H23N3O4. The van der Waals surface area contributed by atoms with E-state index in [0.717, 1.165) is 29.0 Å². The average Bonchev–Trinajstić information content (AvgIpc) is 3.22. The Balaban J connectivity index is 1.46. The predicted molar refractivity (Wildman–Crippen MR) is 107 cm³/mol. The quantitative estimate of drug-likeness (QED) is 0.661. The monoisotopic (exact) mass is 393 g/mol. The van der Waals surface area contributed by atoms with Crippen molar-refractivity contribution in [3.05, 3.63) is 59.5 Å². The van der Waals surface area contributed by atoms with Crippen LogP contribution in [0, 0.1) is 0 Å². The van der Waals surface area contributed by atoms with Crippen molar-refractivity contribution in [3.8, 4) is 22.9 Å². The van der Waals surface area contributed by atoms with Gasteiger partial charge in [-0.3, -0.25) is 4.79 Å². The minimum absolute atomic E-state index is 0.0128. The van der Waals surface area contributed by atoms with E-state index in [1.165, 1.54) is 5.56 Å². The topological polar surface area (TPSA) is 77.7 Å². The van der Waals surface area contributed by atoms with Crippen molar-refractivity contribution in [1.29, 1.82) is 0 Å². The first-order valence-electron chi connectivity index (χ1n) is 9.52. The summed E-state index contributed by atoms with van der Waals surface area (Å²) in [4.78, 5) is 19.1. The maximum absolute atomic E-state index is 12.9. The first-order chi connectivity index (χ1) is 14.1. The summed E-state index contributed by atoms with van der Waals surface area (Å²) < 4.78 is 15.8. The van der Waals surface area contributed by atoms with Crippen molar-refractivity contribution in [2.24, 2.45) is 0 Å². The molecular weight excluding hydrogens is 370 g/mol. The van der Waals surface area contributed by atoms with E-state index in [0.29, 0.717) is 18.3 Å². The summed E-state index contributed by atoms with van der Waals surface area (Å²) in [6.07, 6.45) is 0.878. The number of methoxy groups -OCH3 is 2. The highest BCUT2D eigenvalue weighted by Gasteiger charge is 2.29. The number of carbonyl (C=O) groups excluding carboxylic acids is 1. The van der Waals surface area contributed by atoms with Crippen molar-refractivity contribution in [3.63, 3.8) is 0 Å². The number of amides is 1. The standard InChI is InChI=1S/C22H23N3O4/c1-14-19-9-8-18(28-3)12-16(19)10-11-25(14)21(26)13-20-23-22(24-29-20)15-4-6-17(27-2)7-5-15/h4-9,12,14H,10-11,13H2,1-3H3. The van der Waals surface area contributed by atoms with Gasteiger partial charge >= 0.3 is 0 Å². The summed E-state index contributed by atoms with van der Waals surface area (Å²) in [5.41, 5.74) is 3.18. The molecule has 0 N–H and O–H groups in total. The molecule has 7 nitrogen and oxygen atoms in total. The third kappa shape index (κ3) is 3.81. The first kappa shape index (κ1) is 19.0. The van der Waals surface area contributed by atoms with Crippen molar-refractivity contribution < 1.29 is 18.8 Å². The van der Waals surface area contributed by atoms with Crippen LogP contribution in [0.15, 0.2) is 47.0 Å². The fourth-order valence-corrected chi connectivity index (χ4v) is 3.69. The number of hydrogen-bond donors (Lipinski definition) is 0. The Bertz CT molecular complexity index is 1010. The molecule has 1 aliphatic rings. The summed E-state index contributed by atoms with van der Waals surface area (Å²) >= 11 is 0. The average molecular weight is 393 g/mol. The molecule has 1 unspecified atom stereocenters. The van der Waals surface area contributed by atoms with Crippen LogP contribution in [0.4, 0.5) is 0 Å². The van der Waals surface area contributed by atoms with Crippen LogP contribution >= 0.6 is 0 Å². The fourth-order valence-electron chi connectivity index (χ4n) is 3.69. The fraction of sp³-hybridized carbons (Fsp3) is 0.318. The van der Waals surface area contributed by atoms with Gasteiger partial charge in [-0.1, -0.05) is 11.2 Å². The van der Waals surface area contributed by atoms with E-state index in [4.69, 9.17) is 14.0 Å². The lowest BCUT2D eigenvalue weighted by atomic mass is 9.93. The largest absolute Gasteiger partial charge is 0.497 e. The van der Waals surface area contributed by atoms with E-state index in [9.17, 15) is 4.79 Å². The zero-order chi connectivity index (χ0) is 20.4. The molecule has 1 aliphatic heterocycles. The second kappa shape index (κ2) is 7.95. The highest BCUT2D eigenvalue weighted by Crippen LogP contribution is 2.32. The third-order valence-electron chi connectivity index (χ3n) is 5.33. The summed E-state index contributed by atoms with van der Waals surface area (Å²) in [5, 5.41) is 4.00. The van der Waals surface area contributed by atoms with E-state index in [-0.39, 0.29) is 18.4 Å². The summed E-state index contributed by atoms with van der Waals surface area (Å²) in [5.74, 6) is 2.34. The molecule has 1 atom stereocenters. The molecule has 4 rings (SSSR count). The molecule has 150 valence electrons. The smallest absolute Gasteiger partial charge is 0.236 e. The molecule has 0 saturated heterocycles. The predicted octanol–water partition coefficient (Wildman–Crippen LogP) is 3.44. The molecule has 2 heterocycles. The Hall–Kier alpha value is -3.35. The Labute approximate surface area is 169 Å². The van der Waals surface area contributed by atoms with E-state index >= 15 is 0 Å². The van der Waals surface area contributed by atoms with E-state index < -0.39 is 0 Å². The molecule has 7 heteroatoms. The lowest BCUT2D eigenvalue weighted by Gasteiger charge is -2.35. The van der Waals surface area contributed by atoms with Crippen molar-refractivity contribution >= 4 is 5.91 Å². The van der Waals surface area contributed by atoms with E-state index in [2.05, 4.69) is 10.1 Å². The minimum atomic E-state index is -0.0242. The molecule has 3 aromatic rings. The molecule has 29 heavy (non-hydrogen) atoms. The van der Waals surface area contributed by atoms with Gasteiger partial charge < -0.3 is 18.9 Å². The highest BCUT2D eigenvalue weighted by molar-refractivity contribution is 5.79. The highest BCUT2D eigenvalue weighted by atomic mass is 16.5. The second-order valence-electron chi connectivity index (χ2n) is 6.99. The molecule has 0 fully saturated rings. The van der Waals surface area contributed by atoms with Crippen LogP contribution in [0.25, 0.3) is 11.4 Å². The Kier molecular flexibility index (Phi) is 5.20. The van der Waals surface area contributed by atoms with Crippen LogP contribution in [-0.2, 0) is 17.6 Å². The Morgan fingerprint density at radius 3 is 2.59 bits per heavy atom. The first-order valence-corrected chi connectivity index (χ1v) is 9.52. The molecule has 2 aromatic carbocycles. The van der Waals surface area contributed by atoms with Crippen LogP contribution in [-0.4, -0.2) is 41.7 Å². The zero-order valence-corrected chi connectivity index (χ0v) is 16.7. The lowest BCUT2D eigenvalue weighted by molar-refractivity contribution is -0.133. The van der Waals surface area contributed by atoms with Crippen LogP contribution in [0.5, 0.6) is 11.5 Å². The number of carbonyl (C=O) groups is 1.